The lowest BCUT2D eigenvalue weighted by molar-refractivity contribution is 0.331. The van der Waals surface area contributed by atoms with E-state index >= 15 is 0 Å². The van der Waals surface area contributed by atoms with Crippen molar-refractivity contribution in [1.82, 2.24) is 4.90 Å². The number of nitrogens with zero attached hydrogens (tertiary/aromatic N) is 1. The Morgan fingerprint density at radius 3 is 2.68 bits per heavy atom. The van der Waals surface area contributed by atoms with Crippen molar-refractivity contribution in [1.29, 1.82) is 0 Å². The van der Waals surface area contributed by atoms with Crippen LogP contribution in [0.4, 0.5) is 0 Å². The van der Waals surface area contributed by atoms with Gasteiger partial charge in [-0.1, -0.05) is 29.3 Å². The molecule has 0 saturated carbocycles. The highest BCUT2D eigenvalue weighted by Crippen LogP contribution is 2.29. The monoisotopic (exact) mass is 322 g/mol. The van der Waals surface area contributed by atoms with E-state index in [1.165, 1.54) is 0 Å². The molecular formula is C12H16Cl2N2O2S. The summed E-state index contributed by atoms with van der Waals surface area (Å²) in [6, 6.07) is 3.69. The molecule has 2 N–H and O–H groups in total. The van der Waals surface area contributed by atoms with Gasteiger partial charge in [0.2, 0.25) is 10.0 Å². The zero-order chi connectivity index (χ0) is 14.2. The summed E-state index contributed by atoms with van der Waals surface area (Å²) in [6.45, 7) is 3.64. The molecule has 0 aliphatic carbocycles. The normalized spacial score (nSPS) is 20.9. The lowest BCUT2D eigenvalue weighted by Gasteiger charge is -2.17. The summed E-state index contributed by atoms with van der Waals surface area (Å²) in [4.78, 5) is 2.05. The van der Waals surface area contributed by atoms with E-state index in [1.54, 1.807) is 0 Å². The number of sulfonamides is 1. The number of likely N-dealkylation sites (tertiary alicyclic amines) is 1. The van der Waals surface area contributed by atoms with Crippen LogP contribution in [-0.4, -0.2) is 31.7 Å². The molecule has 1 unspecified atom stereocenters. The zero-order valence-electron chi connectivity index (χ0n) is 10.6. The van der Waals surface area contributed by atoms with Gasteiger partial charge in [0.15, 0.2) is 0 Å². The minimum absolute atomic E-state index is 0.455. The summed E-state index contributed by atoms with van der Waals surface area (Å²) in [6.07, 6.45) is 0.572. The van der Waals surface area contributed by atoms with Crippen molar-refractivity contribution >= 4 is 33.2 Å². The third kappa shape index (κ3) is 3.41. The van der Waals surface area contributed by atoms with E-state index < -0.39 is 15.3 Å². The van der Waals surface area contributed by atoms with E-state index in [-0.39, 0.29) is 0 Å². The van der Waals surface area contributed by atoms with E-state index in [1.807, 2.05) is 24.0 Å². The number of hydrogen-bond acceptors (Lipinski definition) is 3. The van der Waals surface area contributed by atoms with Crippen LogP contribution in [0.1, 0.15) is 17.5 Å². The molecule has 1 aromatic rings. The van der Waals surface area contributed by atoms with E-state index in [4.69, 9.17) is 28.3 Å². The number of rotatable bonds is 3. The predicted octanol–water partition coefficient (Wildman–Crippen LogP) is 2.16. The molecule has 106 valence electrons. The molecule has 1 atom stereocenters. The van der Waals surface area contributed by atoms with Gasteiger partial charge in [0.25, 0.3) is 0 Å². The quantitative estimate of drug-likeness (QED) is 0.927. The molecule has 4 nitrogen and oxygen atoms in total. The van der Waals surface area contributed by atoms with E-state index in [0.29, 0.717) is 36.1 Å². The summed E-state index contributed by atoms with van der Waals surface area (Å²) in [7, 11) is -3.45. The van der Waals surface area contributed by atoms with Crippen LogP contribution in [-0.2, 0) is 16.6 Å². The lowest BCUT2D eigenvalue weighted by Crippen LogP contribution is -2.31. The fourth-order valence-corrected chi connectivity index (χ4v) is 3.57. The van der Waals surface area contributed by atoms with Crippen LogP contribution in [0, 0.1) is 6.92 Å². The minimum Gasteiger partial charge on any atom is -0.298 e. The number of halogens is 2. The van der Waals surface area contributed by atoms with Crippen LogP contribution in [0.25, 0.3) is 0 Å². The fourth-order valence-electron chi connectivity index (χ4n) is 2.29. The molecule has 0 spiro atoms. The average Bonchev–Trinajstić information content (AvgIpc) is 2.78. The molecule has 1 aromatic carbocycles. The number of nitrogens with two attached hydrogens (primary N) is 1. The van der Waals surface area contributed by atoms with E-state index in [0.717, 1.165) is 11.1 Å². The Hall–Kier alpha value is -0.330. The van der Waals surface area contributed by atoms with Crippen molar-refractivity contribution in [2.24, 2.45) is 5.14 Å². The standard InChI is InChI=1S/C12H16Cl2N2O2S/c1-8-11(13)3-2-9(12(8)14)6-16-5-4-10(7-16)19(15,17)18/h2-3,10H,4-7H2,1H3,(H2,15,17,18). The fraction of sp³-hybridized carbons (Fsp3) is 0.500. The Morgan fingerprint density at radius 1 is 1.42 bits per heavy atom. The van der Waals surface area contributed by atoms with Crippen LogP contribution in [0.5, 0.6) is 0 Å². The third-order valence-corrected chi connectivity index (χ3v) is 5.74. The Morgan fingerprint density at radius 2 is 2.11 bits per heavy atom. The number of benzene rings is 1. The topological polar surface area (TPSA) is 63.4 Å². The summed E-state index contributed by atoms with van der Waals surface area (Å²) in [5, 5.41) is 5.98. The molecule has 1 saturated heterocycles. The van der Waals surface area contributed by atoms with Gasteiger partial charge in [0.05, 0.1) is 5.25 Å². The molecule has 1 aliphatic rings. The van der Waals surface area contributed by atoms with Gasteiger partial charge >= 0.3 is 0 Å². The second kappa shape index (κ2) is 5.58. The highest BCUT2D eigenvalue weighted by atomic mass is 35.5. The van der Waals surface area contributed by atoms with Gasteiger partial charge < -0.3 is 0 Å². The highest BCUT2D eigenvalue weighted by Gasteiger charge is 2.30. The van der Waals surface area contributed by atoms with Gasteiger partial charge in [-0.15, -0.1) is 0 Å². The molecule has 1 heterocycles. The Kier molecular flexibility index (Phi) is 4.42. The largest absolute Gasteiger partial charge is 0.298 e. The first-order valence-corrected chi connectivity index (χ1v) is 8.33. The Balaban J connectivity index is 2.10. The molecule has 7 heteroatoms. The van der Waals surface area contributed by atoms with Crippen molar-refractivity contribution in [2.45, 2.75) is 25.1 Å². The zero-order valence-corrected chi connectivity index (χ0v) is 12.9. The highest BCUT2D eigenvalue weighted by molar-refractivity contribution is 7.89. The average molecular weight is 323 g/mol. The van der Waals surface area contributed by atoms with Crippen molar-refractivity contribution in [2.75, 3.05) is 13.1 Å². The van der Waals surface area contributed by atoms with Gasteiger partial charge in [-0.05, 0) is 37.1 Å². The molecule has 1 fully saturated rings. The second-order valence-electron chi connectivity index (χ2n) is 4.88. The van der Waals surface area contributed by atoms with Crippen molar-refractivity contribution in [3.8, 4) is 0 Å². The van der Waals surface area contributed by atoms with Gasteiger partial charge in [0.1, 0.15) is 0 Å². The van der Waals surface area contributed by atoms with Crippen LogP contribution >= 0.6 is 23.2 Å². The molecule has 19 heavy (non-hydrogen) atoms. The Labute approximate surface area is 123 Å². The van der Waals surface area contributed by atoms with Crippen LogP contribution in [0.15, 0.2) is 12.1 Å². The van der Waals surface area contributed by atoms with Gasteiger partial charge in [-0.3, -0.25) is 4.90 Å². The molecular weight excluding hydrogens is 307 g/mol. The first-order valence-electron chi connectivity index (χ1n) is 5.96. The van der Waals surface area contributed by atoms with Gasteiger partial charge in [-0.25, -0.2) is 13.6 Å². The summed E-state index contributed by atoms with van der Waals surface area (Å²) in [5.41, 5.74) is 1.81. The molecule has 0 amide bonds. The first-order chi connectivity index (χ1) is 8.79. The van der Waals surface area contributed by atoms with Crippen LogP contribution in [0.2, 0.25) is 10.0 Å². The molecule has 2 rings (SSSR count). The maximum atomic E-state index is 11.3. The minimum atomic E-state index is -3.45. The summed E-state index contributed by atoms with van der Waals surface area (Å²) in [5.74, 6) is 0. The molecule has 0 bridgehead atoms. The number of hydrogen-bond donors (Lipinski definition) is 1. The SMILES string of the molecule is Cc1c(Cl)ccc(CN2CCC(S(N)(=O)=O)C2)c1Cl. The second-order valence-corrected chi connectivity index (χ2v) is 7.51. The lowest BCUT2D eigenvalue weighted by atomic mass is 10.1. The van der Waals surface area contributed by atoms with Crippen LogP contribution in [0.3, 0.4) is 0 Å². The Bertz CT molecular complexity index is 590. The van der Waals surface area contributed by atoms with Crippen molar-refractivity contribution in [3.63, 3.8) is 0 Å². The van der Waals surface area contributed by atoms with Crippen LogP contribution < -0.4 is 5.14 Å². The molecule has 1 aliphatic heterocycles. The van der Waals surface area contributed by atoms with E-state index in [9.17, 15) is 8.42 Å². The maximum Gasteiger partial charge on any atom is 0.213 e. The van der Waals surface area contributed by atoms with Gasteiger partial charge in [0, 0.05) is 23.1 Å². The van der Waals surface area contributed by atoms with Gasteiger partial charge in [-0.2, -0.15) is 0 Å². The summed E-state index contributed by atoms with van der Waals surface area (Å²) < 4.78 is 22.6. The number of primary sulfonamides is 1. The van der Waals surface area contributed by atoms with E-state index in [2.05, 4.69) is 0 Å². The smallest absolute Gasteiger partial charge is 0.213 e. The third-order valence-electron chi connectivity index (χ3n) is 3.49. The first kappa shape index (κ1) is 15.1. The molecule has 0 radical (unpaired) electrons. The predicted molar refractivity (Wildman–Crippen MR) is 78.0 cm³/mol. The van der Waals surface area contributed by atoms with Crippen molar-refractivity contribution in [3.05, 3.63) is 33.3 Å². The maximum absolute atomic E-state index is 11.3. The van der Waals surface area contributed by atoms with Crippen molar-refractivity contribution < 1.29 is 8.42 Å². The summed E-state index contributed by atoms with van der Waals surface area (Å²) >= 11 is 12.2. The molecule has 0 aromatic heterocycles.